The first-order chi connectivity index (χ1) is 12.6. The fourth-order valence-electron chi connectivity index (χ4n) is 2.93. The van der Waals surface area contributed by atoms with Gasteiger partial charge in [-0.3, -0.25) is 4.79 Å². The van der Waals surface area contributed by atoms with Crippen molar-refractivity contribution >= 4 is 11.6 Å². The molecule has 0 aromatic heterocycles. The molecule has 3 N–H and O–H groups in total. The number of rotatable bonds is 7. The quantitative estimate of drug-likeness (QED) is 0.665. The number of hydrogen-bond donors (Lipinski definition) is 3. The molecule has 5 nitrogen and oxygen atoms in total. The lowest BCUT2D eigenvalue weighted by Crippen LogP contribution is -2.42. The van der Waals surface area contributed by atoms with Gasteiger partial charge in [-0.05, 0) is 67.8 Å². The number of amides is 1. The Kier molecular flexibility index (Phi) is 6.20. The number of anilines is 1. The Bertz CT molecular complexity index is 719. The first-order valence-electron chi connectivity index (χ1n) is 8.81. The van der Waals surface area contributed by atoms with E-state index in [0.29, 0.717) is 31.0 Å². The van der Waals surface area contributed by atoms with Gasteiger partial charge in [-0.25, -0.2) is 4.39 Å². The Morgan fingerprint density at radius 3 is 2.58 bits per heavy atom. The third-order valence-electron chi connectivity index (χ3n) is 4.39. The number of ether oxygens (including phenoxy) is 1. The van der Waals surface area contributed by atoms with Crippen LogP contribution in [0.5, 0.6) is 5.75 Å². The first kappa shape index (κ1) is 18.4. The van der Waals surface area contributed by atoms with Crippen LogP contribution in [0.2, 0.25) is 0 Å². The molecule has 138 valence electrons. The number of aliphatic hydroxyl groups is 1. The van der Waals surface area contributed by atoms with Crippen LogP contribution < -0.4 is 15.4 Å². The predicted octanol–water partition coefficient (Wildman–Crippen LogP) is 2.50. The molecule has 1 heterocycles. The average Bonchev–Trinajstić information content (AvgIpc) is 3.08. The summed E-state index contributed by atoms with van der Waals surface area (Å²) >= 11 is 0. The Morgan fingerprint density at radius 1 is 1.19 bits per heavy atom. The molecule has 1 amide bonds. The summed E-state index contributed by atoms with van der Waals surface area (Å²) in [5, 5.41) is 15.6. The fraction of sp³-hybridized carbons (Fsp3) is 0.350. The molecule has 2 aromatic carbocycles. The van der Waals surface area contributed by atoms with Gasteiger partial charge in [0.15, 0.2) is 0 Å². The predicted molar refractivity (Wildman–Crippen MR) is 97.7 cm³/mol. The molecule has 1 fully saturated rings. The molecule has 2 aromatic rings. The van der Waals surface area contributed by atoms with Crippen molar-refractivity contribution in [3.63, 3.8) is 0 Å². The zero-order chi connectivity index (χ0) is 18.4. The van der Waals surface area contributed by atoms with Gasteiger partial charge in [0.05, 0.1) is 12.7 Å². The highest BCUT2D eigenvalue weighted by Crippen LogP contribution is 2.15. The van der Waals surface area contributed by atoms with Crippen LogP contribution >= 0.6 is 0 Å². The van der Waals surface area contributed by atoms with Gasteiger partial charge in [0.2, 0.25) is 5.91 Å². The zero-order valence-corrected chi connectivity index (χ0v) is 14.5. The number of carbonyl (C=O) groups is 1. The van der Waals surface area contributed by atoms with Gasteiger partial charge in [-0.2, -0.15) is 0 Å². The number of benzene rings is 2. The van der Waals surface area contributed by atoms with Crippen molar-refractivity contribution < 1.29 is 19.0 Å². The first-order valence-corrected chi connectivity index (χ1v) is 8.81. The molecule has 1 aliphatic rings. The SMILES string of the molecule is O=C(Nc1ccc(CCCOc2ccc(F)cc2)cc1)[C@H]1NCC[C@@H]1O. The summed E-state index contributed by atoms with van der Waals surface area (Å²) in [6.45, 7) is 1.20. The van der Waals surface area contributed by atoms with Gasteiger partial charge in [0.25, 0.3) is 0 Å². The summed E-state index contributed by atoms with van der Waals surface area (Å²) in [6.07, 6.45) is 1.65. The van der Waals surface area contributed by atoms with E-state index in [-0.39, 0.29) is 11.7 Å². The number of aliphatic hydroxyl groups excluding tert-OH is 1. The van der Waals surface area contributed by atoms with Crippen LogP contribution in [-0.2, 0) is 11.2 Å². The lowest BCUT2D eigenvalue weighted by atomic mass is 10.1. The van der Waals surface area contributed by atoms with E-state index in [9.17, 15) is 14.3 Å². The van der Waals surface area contributed by atoms with E-state index in [1.807, 2.05) is 24.3 Å². The van der Waals surface area contributed by atoms with E-state index in [1.165, 1.54) is 12.1 Å². The van der Waals surface area contributed by atoms with E-state index in [4.69, 9.17) is 4.74 Å². The summed E-state index contributed by atoms with van der Waals surface area (Å²) < 4.78 is 18.4. The minimum Gasteiger partial charge on any atom is -0.494 e. The van der Waals surface area contributed by atoms with Gasteiger partial charge in [0, 0.05) is 5.69 Å². The largest absolute Gasteiger partial charge is 0.494 e. The Morgan fingerprint density at radius 2 is 1.92 bits per heavy atom. The zero-order valence-electron chi connectivity index (χ0n) is 14.5. The topological polar surface area (TPSA) is 70.6 Å². The van der Waals surface area contributed by atoms with E-state index < -0.39 is 12.1 Å². The number of hydrogen-bond acceptors (Lipinski definition) is 4. The van der Waals surface area contributed by atoms with Gasteiger partial charge < -0.3 is 20.5 Å². The molecule has 0 bridgehead atoms. The van der Waals surface area contributed by atoms with Gasteiger partial charge >= 0.3 is 0 Å². The Labute approximate surface area is 152 Å². The molecule has 1 saturated heterocycles. The average molecular weight is 358 g/mol. The van der Waals surface area contributed by atoms with Crippen LogP contribution in [0.3, 0.4) is 0 Å². The summed E-state index contributed by atoms with van der Waals surface area (Å²) in [7, 11) is 0. The number of nitrogens with one attached hydrogen (secondary N) is 2. The standard InChI is InChI=1S/C20H23FN2O3/c21-15-5-9-17(10-6-15)26-13-1-2-14-3-7-16(8-4-14)23-20(25)19-18(24)11-12-22-19/h3-10,18-19,22,24H,1-2,11-13H2,(H,23,25)/t18-,19-/m0/s1. The smallest absolute Gasteiger partial charge is 0.244 e. The number of carbonyl (C=O) groups excluding carboxylic acids is 1. The molecule has 2 atom stereocenters. The highest BCUT2D eigenvalue weighted by molar-refractivity contribution is 5.95. The number of aryl methyl sites for hydroxylation is 1. The molecular weight excluding hydrogens is 335 g/mol. The van der Waals surface area contributed by atoms with Crippen molar-refractivity contribution in [2.45, 2.75) is 31.4 Å². The maximum Gasteiger partial charge on any atom is 0.244 e. The van der Waals surface area contributed by atoms with Crippen molar-refractivity contribution in [3.05, 3.63) is 59.9 Å². The number of halogens is 1. The highest BCUT2D eigenvalue weighted by Gasteiger charge is 2.30. The maximum atomic E-state index is 12.8. The van der Waals surface area contributed by atoms with Crippen molar-refractivity contribution in [2.75, 3.05) is 18.5 Å². The lowest BCUT2D eigenvalue weighted by molar-refractivity contribution is -0.119. The monoisotopic (exact) mass is 358 g/mol. The fourth-order valence-corrected chi connectivity index (χ4v) is 2.93. The normalized spacial score (nSPS) is 19.3. The second kappa shape index (κ2) is 8.78. The minimum atomic E-state index is -0.629. The van der Waals surface area contributed by atoms with Crippen LogP contribution in [0.4, 0.5) is 10.1 Å². The van der Waals surface area contributed by atoms with Crippen LogP contribution in [0.1, 0.15) is 18.4 Å². The van der Waals surface area contributed by atoms with Crippen molar-refractivity contribution in [3.8, 4) is 5.75 Å². The Balaban J connectivity index is 1.41. The van der Waals surface area contributed by atoms with Crippen molar-refractivity contribution in [2.24, 2.45) is 0 Å². The van der Waals surface area contributed by atoms with Crippen LogP contribution in [0.25, 0.3) is 0 Å². The summed E-state index contributed by atoms with van der Waals surface area (Å²) in [4.78, 5) is 12.1. The summed E-state index contributed by atoms with van der Waals surface area (Å²) in [6, 6.07) is 13.1. The van der Waals surface area contributed by atoms with E-state index in [1.54, 1.807) is 12.1 Å². The second-order valence-electron chi connectivity index (χ2n) is 6.38. The van der Waals surface area contributed by atoms with Crippen LogP contribution in [0.15, 0.2) is 48.5 Å². The molecule has 0 unspecified atom stereocenters. The van der Waals surface area contributed by atoms with E-state index in [0.717, 1.165) is 18.4 Å². The van der Waals surface area contributed by atoms with Crippen molar-refractivity contribution in [1.29, 1.82) is 0 Å². The molecule has 26 heavy (non-hydrogen) atoms. The van der Waals surface area contributed by atoms with Crippen LogP contribution in [-0.4, -0.2) is 36.3 Å². The van der Waals surface area contributed by atoms with Crippen molar-refractivity contribution in [1.82, 2.24) is 5.32 Å². The molecule has 0 saturated carbocycles. The maximum absolute atomic E-state index is 12.8. The summed E-state index contributed by atoms with van der Waals surface area (Å²) in [5.74, 6) is 0.172. The molecule has 0 radical (unpaired) electrons. The molecule has 0 spiro atoms. The van der Waals surface area contributed by atoms with Crippen LogP contribution in [0, 0.1) is 5.82 Å². The lowest BCUT2D eigenvalue weighted by Gasteiger charge is -2.15. The molecule has 3 rings (SSSR count). The second-order valence-corrected chi connectivity index (χ2v) is 6.38. The highest BCUT2D eigenvalue weighted by atomic mass is 19.1. The molecule has 0 aliphatic carbocycles. The van der Waals surface area contributed by atoms with Gasteiger partial charge in [-0.15, -0.1) is 0 Å². The Hall–Kier alpha value is -2.44. The van der Waals surface area contributed by atoms with Gasteiger partial charge in [0.1, 0.15) is 17.6 Å². The molecule has 6 heteroatoms. The molecule has 1 aliphatic heterocycles. The third kappa shape index (κ3) is 5.03. The van der Waals surface area contributed by atoms with E-state index in [2.05, 4.69) is 10.6 Å². The van der Waals surface area contributed by atoms with E-state index >= 15 is 0 Å². The minimum absolute atomic E-state index is 0.213. The summed E-state index contributed by atoms with van der Waals surface area (Å²) in [5.41, 5.74) is 1.85. The van der Waals surface area contributed by atoms with Gasteiger partial charge in [-0.1, -0.05) is 12.1 Å². The third-order valence-corrected chi connectivity index (χ3v) is 4.39. The molecular formula is C20H23FN2O3.